The maximum absolute atomic E-state index is 13.0. The predicted octanol–water partition coefficient (Wildman–Crippen LogP) is 2.59. The van der Waals surface area contributed by atoms with E-state index in [1.807, 2.05) is 19.1 Å². The van der Waals surface area contributed by atoms with Crippen LogP contribution in [0.3, 0.4) is 0 Å². The van der Waals surface area contributed by atoms with E-state index in [2.05, 4.69) is 15.2 Å². The van der Waals surface area contributed by atoms with E-state index in [9.17, 15) is 22.4 Å². The Bertz CT molecular complexity index is 825. The molecule has 3 atom stereocenters. The normalized spacial score (nSPS) is 28.6. The first kappa shape index (κ1) is 21.2. The minimum absolute atomic E-state index is 0.0844. The summed E-state index contributed by atoms with van der Waals surface area (Å²) in [6.07, 6.45) is -3.15. The molecule has 1 saturated heterocycles. The zero-order valence-electron chi connectivity index (χ0n) is 15.7. The summed E-state index contributed by atoms with van der Waals surface area (Å²) in [7, 11) is 0. The van der Waals surface area contributed by atoms with Crippen LogP contribution in [0.2, 0.25) is 0 Å². The second-order valence-corrected chi connectivity index (χ2v) is 7.60. The van der Waals surface area contributed by atoms with Crippen molar-refractivity contribution in [3.05, 3.63) is 35.6 Å². The Morgan fingerprint density at radius 1 is 1.31 bits per heavy atom. The maximum atomic E-state index is 13.0. The number of rotatable bonds is 2. The fraction of sp³-hybridized carbons (Fsp3) is 0.526. The SMILES string of the molecule is CC1=N[C@@]2(CC[C@@H]3CN(Cc4ccc(F)cc4)C[C@@H]32)C(=O)N1.O=C(O)C(F)(F)F. The number of amidine groups is 1. The van der Waals surface area contributed by atoms with Gasteiger partial charge >= 0.3 is 12.1 Å². The van der Waals surface area contributed by atoms with Gasteiger partial charge in [-0.15, -0.1) is 0 Å². The summed E-state index contributed by atoms with van der Waals surface area (Å²) in [4.78, 5) is 28.3. The standard InChI is InChI=1S/C17H20FN3O.C2HF3O2/c1-11-19-16(22)17(20-11)7-6-13-9-21(10-15(13)17)8-12-2-4-14(18)5-3-12;3-2(4,5)1(6)7/h2-5,13,15H,6-10H2,1H3,(H,19,20,22);(H,6,7)/t13-,15+,17-;/m1./s1. The van der Waals surface area contributed by atoms with E-state index < -0.39 is 17.7 Å². The molecule has 3 aliphatic rings. The smallest absolute Gasteiger partial charge is 0.475 e. The third-order valence-electron chi connectivity index (χ3n) is 5.64. The zero-order valence-corrected chi connectivity index (χ0v) is 15.7. The van der Waals surface area contributed by atoms with Gasteiger partial charge in [-0.25, -0.2) is 9.18 Å². The number of carboxylic acids is 1. The monoisotopic (exact) mass is 415 g/mol. The van der Waals surface area contributed by atoms with Crippen molar-refractivity contribution in [2.45, 2.75) is 38.0 Å². The summed E-state index contributed by atoms with van der Waals surface area (Å²) < 4.78 is 44.7. The van der Waals surface area contributed by atoms with Crippen LogP contribution in [-0.2, 0) is 16.1 Å². The third-order valence-corrected chi connectivity index (χ3v) is 5.64. The van der Waals surface area contributed by atoms with Crippen LogP contribution >= 0.6 is 0 Å². The number of halogens is 4. The molecule has 4 rings (SSSR count). The quantitative estimate of drug-likeness (QED) is 0.728. The van der Waals surface area contributed by atoms with E-state index in [0.29, 0.717) is 11.8 Å². The molecule has 0 bridgehead atoms. The van der Waals surface area contributed by atoms with Gasteiger partial charge in [0.25, 0.3) is 5.91 Å². The minimum atomic E-state index is -5.08. The molecule has 10 heteroatoms. The van der Waals surface area contributed by atoms with Crippen LogP contribution in [0.1, 0.15) is 25.3 Å². The number of carbonyl (C=O) groups is 2. The van der Waals surface area contributed by atoms with Crippen LogP contribution in [0.5, 0.6) is 0 Å². The Balaban J connectivity index is 0.000000298. The van der Waals surface area contributed by atoms with Crippen LogP contribution in [-0.4, -0.2) is 52.5 Å². The molecule has 2 aliphatic heterocycles. The Morgan fingerprint density at radius 3 is 2.45 bits per heavy atom. The number of benzene rings is 1. The fourth-order valence-corrected chi connectivity index (χ4v) is 4.43. The molecule has 1 aliphatic carbocycles. The highest BCUT2D eigenvalue weighted by Crippen LogP contribution is 2.48. The zero-order chi connectivity index (χ0) is 21.4. The molecule has 0 unspecified atom stereocenters. The minimum Gasteiger partial charge on any atom is -0.475 e. The summed E-state index contributed by atoms with van der Waals surface area (Å²) in [6, 6.07) is 6.69. The van der Waals surface area contributed by atoms with Crippen molar-refractivity contribution in [3.63, 3.8) is 0 Å². The van der Waals surface area contributed by atoms with Gasteiger partial charge in [0.1, 0.15) is 17.2 Å². The van der Waals surface area contributed by atoms with Crippen LogP contribution < -0.4 is 5.32 Å². The first-order valence-electron chi connectivity index (χ1n) is 9.16. The lowest BCUT2D eigenvalue weighted by Gasteiger charge is -2.25. The molecule has 1 saturated carbocycles. The maximum Gasteiger partial charge on any atom is 0.490 e. The van der Waals surface area contributed by atoms with Gasteiger partial charge in [-0.3, -0.25) is 14.7 Å². The van der Waals surface area contributed by atoms with E-state index in [-0.39, 0.29) is 11.7 Å². The number of hydrogen-bond acceptors (Lipinski definition) is 4. The predicted molar refractivity (Wildman–Crippen MR) is 95.6 cm³/mol. The molecule has 0 aromatic heterocycles. The van der Waals surface area contributed by atoms with Gasteiger partial charge in [-0.05, 0) is 43.4 Å². The molecule has 29 heavy (non-hydrogen) atoms. The number of amides is 1. The van der Waals surface area contributed by atoms with E-state index in [0.717, 1.165) is 43.9 Å². The first-order chi connectivity index (χ1) is 13.5. The average molecular weight is 415 g/mol. The van der Waals surface area contributed by atoms with E-state index in [4.69, 9.17) is 9.90 Å². The number of aliphatic carboxylic acids is 1. The Morgan fingerprint density at radius 2 is 1.93 bits per heavy atom. The van der Waals surface area contributed by atoms with Gasteiger partial charge < -0.3 is 10.4 Å². The highest BCUT2D eigenvalue weighted by atomic mass is 19.4. The molecule has 1 aromatic carbocycles. The van der Waals surface area contributed by atoms with Crippen LogP contribution in [0, 0.1) is 17.7 Å². The summed E-state index contributed by atoms with van der Waals surface area (Å²) in [6.45, 7) is 4.58. The Hall–Kier alpha value is -2.49. The molecule has 158 valence electrons. The number of carbonyl (C=O) groups excluding carboxylic acids is 1. The van der Waals surface area contributed by atoms with E-state index in [1.54, 1.807) is 0 Å². The van der Waals surface area contributed by atoms with Crippen molar-refractivity contribution in [1.29, 1.82) is 0 Å². The van der Waals surface area contributed by atoms with Gasteiger partial charge in [-0.2, -0.15) is 13.2 Å². The molecule has 0 radical (unpaired) electrons. The van der Waals surface area contributed by atoms with Gasteiger partial charge in [0, 0.05) is 25.6 Å². The summed E-state index contributed by atoms with van der Waals surface area (Å²) >= 11 is 0. The summed E-state index contributed by atoms with van der Waals surface area (Å²) in [5, 5.41) is 10.0. The van der Waals surface area contributed by atoms with Gasteiger partial charge in [0.05, 0.1) is 0 Å². The molecule has 6 nitrogen and oxygen atoms in total. The van der Waals surface area contributed by atoms with Crippen molar-refractivity contribution < 1.29 is 32.3 Å². The number of alkyl halides is 3. The topological polar surface area (TPSA) is 82.0 Å². The van der Waals surface area contributed by atoms with Crippen molar-refractivity contribution in [1.82, 2.24) is 10.2 Å². The molecule has 2 fully saturated rings. The van der Waals surface area contributed by atoms with Gasteiger partial charge in [0.2, 0.25) is 0 Å². The third kappa shape index (κ3) is 4.42. The first-order valence-corrected chi connectivity index (χ1v) is 9.16. The molecular formula is C19H21F4N3O3. The molecule has 1 amide bonds. The van der Waals surface area contributed by atoms with Crippen LogP contribution in [0.25, 0.3) is 0 Å². The second-order valence-electron chi connectivity index (χ2n) is 7.60. The van der Waals surface area contributed by atoms with Gasteiger partial charge in [0.15, 0.2) is 0 Å². The summed E-state index contributed by atoms with van der Waals surface area (Å²) in [5.41, 5.74) is 0.595. The lowest BCUT2D eigenvalue weighted by Crippen LogP contribution is -2.44. The molecular weight excluding hydrogens is 394 g/mol. The average Bonchev–Trinajstić information content (AvgIpc) is 3.25. The van der Waals surface area contributed by atoms with E-state index in [1.165, 1.54) is 12.1 Å². The summed E-state index contributed by atoms with van der Waals surface area (Å²) in [5.74, 6) is -1.27. The Kier molecular flexibility index (Phi) is 5.66. The number of hydrogen-bond donors (Lipinski definition) is 2. The second kappa shape index (κ2) is 7.74. The van der Waals surface area contributed by atoms with Crippen molar-refractivity contribution in [2.75, 3.05) is 13.1 Å². The number of carboxylic acid groups (broad SMARTS) is 1. The van der Waals surface area contributed by atoms with Crippen LogP contribution in [0.15, 0.2) is 29.3 Å². The fourth-order valence-electron chi connectivity index (χ4n) is 4.43. The number of nitrogens with one attached hydrogen (secondary N) is 1. The molecule has 1 spiro atoms. The molecule has 2 heterocycles. The number of likely N-dealkylation sites (tertiary alicyclic amines) is 1. The van der Waals surface area contributed by atoms with Crippen molar-refractivity contribution in [3.8, 4) is 0 Å². The van der Waals surface area contributed by atoms with Crippen LogP contribution in [0.4, 0.5) is 17.6 Å². The van der Waals surface area contributed by atoms with E-state index >= 15 is 0 Å². The number of nitrogens with zero attached hydrogens (tertiary/aromatic N) is 2. The largest absolute Gasteiger partial charge is 0.490 e. The molecule has 2 N–H and O–H groups in total. The number of fused-ring (bicyclic) bond motifs is 2. The highest BCUT2D eigenvalue weighted by molar-refractivity contribution is 6.07. The Labute approximate surface area is 164 Å². The lowest BCUT2D eigenvalue weighted by molar-refractivity contribution is -0.192. The van der Waals surface area contributed by atoms with Crippen molar-refractivity contribution in [2.24, 2.45) is 16.8 Å². The highest BCUT2D eigenvalue weighted by Gasteiger charge is 2.58. The molecule has 1 aromatic rings. The number of aliphatic imine (C=N–C) groups is 1. The van der Waals surface area contributed by atoms with Gasteiger partial charge in [-0.1, -0.05) is 12.1 Å². The lowest BCUT2D eigenvalue weighted by atomic mass is 9.85. The van der Waals surface area contributed by atoms with Crippen molar-refractivity contribution >= 4 is 17.7 Å².